The summed E-state index contributed by atoms with van der Waals surface area (Å²) in [6.45, 7) is 1.96. The number of nitriles is 1. The van der Waals surface area contributed by atoms with Crippen LogP contribution in [0.5, 0.6) is 11.5 Å². The maximum absolute atomic E-state index is 12.3. The molecule has 138 valence electrons. The average Bonchev–Trinajstić information content (AvgIpc) is 2.73. The molecule has 0 aliphatic carbocycles. The Bertz CT molecular complexity index is 1040. The summed E-state index contributed by atoms with van der Waals surface area (Å²) in [5.41, 5.74) is 3.62. The van der Waals surface area contributed by atoms with Crippen molar-refractivity contribution in [2.24, 2.45) is 0 Å². The second kappa shape index (κ2) is 8.70. The van der Waals surface area contributed by atoms with E-state index in [-0.39, 0.29) is 0 Å². The van der Waals surface area contributed by atoms with Crippen LogP contribution in [0.1, 0.15) is 27.0 Å². The minimum Gasteiger partial charge on any atom is -0.497 e. The summed E-state index contributed by atoms with van der Waals surface area (Å²) < 4.78 is 10.6. The molecule has 0 atom stereocenters. The van der Waals surface area contributed by atoms with Gasteiger partial charge < -0.3 is 9.47 Å². The summed E-state index contributed by atoms with van der Waals surface area (Å²) in [6.07, 6.45) is 1.75. The first-order valence-corrected chi connectivity index (χ1v) is 8.74. The molecular formula is C24H19NO3. The summed E-state index contributed by atoms with van der Waals surface area (Å²) in [5, 5.41) is 9.52. The Morgan fingerprint density at radius 2 is 1.61 bits per heavy atom. The number of rotatable bonds is 5. The normalized spacial score (nSPS) is 10.8. The van der Waals surface area contributed by atoms with Gasteiger partial charge in [0.2, 0.25) is 0 Å². The maximum atomic E-state index is 12.3. The molecule has 4 heteroatoms. The molecule has 3 aromatic rings. The average molecular weight is 369 g/mol. The predicted molar refractivity (Wildman–Crippen MR) is 109 cm³/mol. The SMILES string of the molecule is COc1ccc(/C(C#N)=C\c2cccc(OC(=O)c3ccc(C)cc3)c2)cc1. The van der Waals surface area contributed by atoms with E-state index >= 15 is 0 Å². The van der Waals surface area contributed by atoms with E-state index in [2.05, 4.69) is 6.07 Å². The number of carbonyl (C=O) groups is 1. The maximum Gasteiger partial charge on any atom is 0.343 e. The van der Waals surface area contributed by atoms with Gasteiger partial charge in [-0.2, -0.15) is 5.26 Å². The van der Waals surface area contributed by atoms with Crippen LogP contribution in [0.2, 0.25) is 0 Å². The predicted octanol–water partition coefficient (Wildman–Crippen LogP) is 5.29. The Balaban J connectivity index is 1.81. The molecule has 0 saturated carbocycles. The van der Waals surface area contributed by atoms with Gasteiger partial charge in [0.15, 0.2) is 0 Å². The summed E-state index contributed by atoms with van der Waals surface area (Å²) in [6, 6.07) is 23.8. The number of esters is 1. The summed E-state index contributed by atoms with van der Waals surface area (Å²) in [4.78, 5) is 12.3. The van der Waals surface area contributed by atoms with Gasteiger partial charge in [-0.15, -0.1) is 0 Å². The lowest BCUT2D eigenvalue weighted by Gasteiger charge is -2.06. The molecule has 0 aromatic heterocycles. The van der Waals surface area contributed by atoms with Gasteiger partial charge >= 0.3 is 5.97 Å². The second-order valence-electron chi connectivity index (χ2n) is 6.23. The van der Waals surface area contributed by atoms with Crippen LogP contribution in [0.4, 0.5) is 0 Å². The Labute approximate surface area is 164 Å². The Morgan fingerprint density at radius 3 is 2.25 bits per heavy atom. The van der Waals surface area contributed by atoms with Crippen molar-refractivity contribution < 1.29 is 14.3 Å². The van der Waals surface area contributed by atoms with Crippen LogP contribution in [-0.2, 0) is 0 Å². The standard InChI is InChI=1S/C24H19NO3/c1-17-6-8-20(9-7-17)24(26)28-23-5-3-4-18(15-23)14-21(16-25)19-10-12-22(27-2)13-11-19/h3-15H,1-2H3/b21-14-. The summed E-state index contributed by atoms with van der Waals surface area (Å²) in [5.74, 6) is 0.731. The van der Waals surface area contributed by atoms with E-state index < -0.39 is 5.97 Å². The number of carbonyl (C=O) groups excluding carboxylic acids is 1. The summed E-state index contributed by atoms with van der Waals surface area (Å²) in [7, 11) is 1.60. The van der Waals surface area contributed by atoms with Crippen molar-refractivity contribution in [3.63, 3.8) is 0 Å². The molecule has 3 rings (SSSR count). The molecule has 0 unspecified atom stereocenters. The minimum absolute atomic E-state index is 0.420. The van der Waals surface area contributed by atoms with Crippen LogP contribution in [-0.4, -0.2) is 13.1 Å². The largest absolute Gasteiger partial charge is 0.497 e. The molecule has 0 radical (unpaired) electrons. The summed E-state index contributed by atoms with van der Waals surface area (Å²) >= 11 is 0. The van der Waals surface area contributed by atoms with E-state index in [1.807, 2.05) is 37.3 Å². The number of hydrogen-bond acceptors (Lipinski definition) is 4. The molecule has 0 fully saturated rings. The molecular weight excluding hydrogens is 350 g/mol. The van der Waals surface area contributed by atoms with Gasteiger partial charge in [0.25, 0.3) is 0 Å². The zero-order valence-electron chi connectivity index (χ0n) is 15.7. The van der Waals surface area contributed by atoms with Crippen LogP contribution in [0.25, 0.3) is 11.6 Å². The molecule has 0 aliphatic rings. The van der Waals surface area contributed by atoms with Gasteiger partial charge in [-0.3, -0.25) is 0 Å². The first-order chi connectivity index (χ1) is 13.6. The second-order valence-corrected chi connectivity index (χ2v) is 6.23. The first-order valence-electron chi connectivity index (χ1n) is 8.74. The Kier molecular flexibility index (Phi) is 5.88. The third-order valence-electron chi connectivity index (χ3n) is 4.19. The van der Waals surface area contributed by atoms with Crippen molar-refractivity contribution in [2.75, 3.05) is 7.11 Å². The highest BCUT2D eigenvalue weighted by Gasteiger charge is 2.09. The number of allylic oxidation sites excluding steroid dienone is 1. The molecule has 0 spiro atoms. The van der Waals surface area contributed by atoms with Crippen LogP contribution in [0.3, 0.4) is 0 Å². The molecule has 28 heavy (non-hydrogen) atoms. The van der Waals surface area contributed by atoms with E-state index in [4.69, 9.17) is 9.47 Å². The van der Waals surface area contributed by atoms with Gasteiger partial charge in [-0.1, -0.05) is 29.8 Å². The number of nitrogens with zero attached hydrogens (tertiary/aromatic N) is 1. The molecule has 4 nitrogen and oxygen atoms in total. The fourth-order valence-electron chi connectivity index (χ4n) is 2.64. The van der Waals surface area contributed by atoms with E-state index in [1.54, 1.807) is 55.7 Å². The zero-order chi connectivity index (χ0) is 19.9. The topological polar surface area (TPSA) is 59.3 Å². The van der Waals surface area contributed by atoms with Crippen LogP contribution in [0.15, 0.2) is 72.8 Å². The van der Waals surface area contributed by atoms with E-state index in [1.165, 1.54) is 0 Å². The smallest absolute Gasteiger partial charge is 0.343 e. The number of hydrogen-bond donors (Lipinski definition) is 0. The third kappa shape index (κ3) is 4.66. The van der Waals surface area contributed by atoms with Gasteiger partial charge in [-0.05, 0) is 72.7 Å². The van der Waals surface area contributed by atoms with Gasteiger partial charge in [0.1, 0.15) is 11.5 Å². The van der Waals surface area contributed by atoms with Crippen LogP contribution in [0, 0.1) is 18.3 Å². The van der Waals surface area contributed by atoms with Crippen molar-refractivity contribution in [3.8, 4) is 17.6 Å². The van der Waals surface area contributed by atoms with Crippen molar-refractivity contribution in [1.82, 2.24) is 0 Å². The molecule has 0 bridgehead atoms. The Hall–Kier alpha value is -3.84. The Morgan fingerprint density at radius 1 is 0.929 bits per heavy atom. The number of benzene rings is 3. The fraction of sp³-hybridized carbons (Fsp3) is 0.0833. The third-order valence-corrected chi connectivity index (χ3v) is 4.19. The number of methoxy groups -OCH3 is 1. The highest BCUT2D eigenvalue weighted by molar-refractivity contribution is 5.92. The van der Waals surface area contributed by atoms with Gasteiger partial charge in [-0.25, -0.2) is 4.79 Å². The zero-order valence-corrected chi connectivity index (χ0v) is 15.7. The monoisotopic (exact) mass is 369 g/mol. The van der Waals surface area contributed by atoms with Gasteiger partial charge in [0.05, 0.1) is 24.3 Å². The van der Waals surface area contributed by atoms with E-state index in [0.717, 1.165) is 22.4 Å². The van der Waals surface area contributed by atoms with Crippen molar-refractivity contribution in [3.05, 3.63) is 95.1 Å². The molecule has 3 aromatic carbocycles. The van der Waals surface area contributed by atoms with Crippen molar-refractivity contribution >= 4 is 17.6 Å². The number of aryl methyl sites for hydroxylation is 1. The first kappa shape index (κ1) is 18.9. The van der Waals surface area contributed by atoms with Crippen molar-refractivity contribution in [2.45, 2.75) is 6.92 Å². The van der Waals surface area contributed by atoms with Crippen LogP contribution >= 0.6 is 0 Å². The highest BCUT2D eigenvalue weighted by Crippen LogP contribution is 2.23. The number of ether oxygens (including phenoxy) is 2. The highest BCUT2D eigenvalue weighted by atomic mass is 16.5. The molecule has 0 N–H and O–H groups in total. The van der Waals surface area contributed by atoms with E-state index in [9.17, 15) is 10.1 Å². The lowest BCUT2D eigenvalue weighted by molar-refractivity contribution is 0.0735. The molecule has 0 heterocycles. The lowest BCUT2D eigenvalue weighted by Crippen LogP contribution is -2.08. The van der Waals surface area contributed by atoms with Gasteiger partial charge in [0, 0.05) is 0 Å². The van der Waals surface area contributed by atoms with E-state index in [0.29, 0.717) is 16.9 Å². The fourth-order valence-corrected chi connectivity index (χ4v) is 2.64. The quantitative estimate of drug-likeness (QED) is 0.265. The molecule has 0 aliphatic heterocycles. The minimum atomic E-state index is -0.420. The van der Waals surface area contributed by atoms with Crippen LogP contribution < -0.4 is 9.47 Å². The molecule has 0 amide bonds. The van der Waals surface area contributed by atoms with Crippen molar-refractivity contribution in [1.29, 1.82) is 5.26 Å². The lowest BCUT2D eigenvalue weighted by atomic mass is 10.0. The molecule has 0 saturated heterocycles.